The first-order valence-electron chi connectivity index (χ1n) is 20.9. The monoisotopic (exact) mass is 820 g/mol. The number of rotatable bonds is 22. The van der Waals surface area contributed by atoms with Crippen LogP contribution in [-0.2, 0) is 14.3 Å². The van der Waals surface area contributed by atoms with Crippen LogP contribution in [0.1, 0.15) is 80.3 Å². The Hall–Kier alpha value is -4.59. The molecule has 0 saturated heterocycles. The number of carbonyl (C=O) groups is 1. The number of nitrogens with zero attached hydrogens (tertiary/aromatic N) is 1. The molecule has 0 aliphatic heterocycles. The van der Waals surface area contributed by atoms with E-state index in [1.807, 2.05) is 23.5 Å². The second kappa shape index (κ2) is 20.6. The fraction of sp³-hybridized carbons (Fsp3) is 0.302. The van der Waals surface area contributed by atoms with Crippen molar-refractivity contribution in [3.05, 3.63) is 215 Å². The third kappa shape index (κ3) is 11.4. The average Bonchev–Trinajstić information content (AvgIpc) is 3.26. The van der Waals surface area contributed by atoms with E-state index in [2.05, 4.69) is 220 Å². The highest BCUT2D eigenvalue weighted by Crippen LogP contribution is 2.54. The van der Waals surface area contributed by atoms with Crippen LogP contribution >= 0.6 is 23.5 Å². The molecule has 0 unspecified atom stereocenters. The molecular weight excluding hydrogens is 761 g/mol. The van der Waals surface area contributed by atoms with E-state index in [0.29, 0.717) is 6.42 Å². The minimum absolute atomic E-state index is 0.149. The van der Waals surface area contributed by atoms with E-state index in [1.165, 1.54) is 33.4 Å². The van der Waals surface area contributed by atoms with Crippen LogP contribution in [0, 0.1) is 0 Å². The van der Waals surface area contributed by atoms with Gasteiger partial charge >= 0.3 is 5.97 Å². The molecule has 0 aromatic heterocycles. The lowest BCUT2D eigenvalue weighted by Crippen LogP contribution is -2.45. The molecule has 0 bridgehead atoms. The molecule has 0 radical (unpaired) electrons. The fourth-order valence-corrected chi connectivity index (χ4v) is 11.9. The Morgan fingerprint density at radius 1 is 0.492 bits per heavy atom. The van der Waals surface area contributed by atoms with Crippen LogP contribution in [-0.4, -0.2) is 58.2 Å². The first-order valence-corrected chi connectivity index (χ1v) is 22.6. The Kier molecular flexibility index (Phi) is 15.3. The maximum atomic E-state index is 11.5. The van der Waals surface area contributed by atoms with Crippen molar-refractivity contribution < 1.29 is 9.90 Å². The summed E-state index contributed by atoms with van der Waals surface area (Å²) in [5.74, 6) is -0.732. The van der Waals surface area contributed by atoms with Gasteiger partial charge in [-0.1, -0.05) is 182 Å². The zero-order chi connectivity index (χ0) is 41.6. The van der Waals surface area contributed by atoms with Crippen LogP contribution in [0.2, 0.25) is 0 Å². The Morgan fingerprint density at radius 3 is 1.14 bits per heavy atom. The summed E-state index contributed by atoms with van der Waals surface area (Å²) in [5.41, 5.74) is 7.55. The first-order chi connectivity index (χ1) is 28.5. The van der Waals surface area contributed by atoms with Gasteiger partial charge in [0.1, 0.15) is 0 Å². The molecule has 59 heavy (non-hydrogen) atoms. The molecule has 0 spiro atoms. The van der Waals surface area contributed by atoms with Gasteiger partial charge in [-0.3, -0.25) is 4.79 Å². The molecule has 6 aromatic carbocycles. The van der Waals surface area contributed by atoms with Crippen molar-refractivity contribution in [2.45, 2.75) is 65.9 Å². The van der Waals surface area contributed by atoms with Crippen molar-refractivity contribution in [1.82, 2.24) is 10.2 Å². The molecule has 0 aliphatic carbocycles. The third-order valence-corrected chi connectivity index (χ3v) is 14.2. The predicted octanol–water partition coefficient (Wildman–Crippen LogP) is 12.1. The van der Waals surface area contributed by atoms with Crippen LogP contribution < -0.4 is 5.32 Å². The van der Waals surface area contributed by atoms with Crippen LogP contribution in [0.15, 0.2) is 182 Å². The highest BCUT2D eigenvalue weighted by Gasteiger charge is 2.43. The number of carboxylic acids is 1. The molecule has 0 fully saturated rings. The molecule has 2 N–H and O–H groups in total. The quantitative estimate of drug-likeness (QED) is 0.0526. The normalized spacial score (nSPS) is 12.4. The highest BCUT2D eigenvalue weighted by molar-refractivity contribution is 8.02. The van der Waals surface area contributed by atoms with Crippen LogP contribution in [0.25, 0.3) is 0 Å². The van der Waals surface area contributed by atoms with E-state index >= 15 is 0 Å². The smallest absolute Gasteiger partial charge is 0.303 e. The largest absolute Gasteiger partial charge is 0.481 e. The van der Waals surface area contributed by atoms with Crippen molar-refractivity contribution in [1.29, 1.82) is 0 Å². The van der Waals surface area contributed by atoms with Gasteiger partial charge in [0.25, 0.3) is 0 Å². The zero-order valence-electron chi connectivity index (χ0n) is 35.1. The predicted molar refractivity (Wildman–Crippen MR) is 253 cm³/mol. The summed E-state index contributed by atoms with van der Waals surface area (Å²) in [4.78, 5) is 14.0. The average molecular weight is 821 g/mol. The summed E-state index contributed by atoms with van der Waals surface area (Å²) >= 11 is 4.02. The summed E-state index contributed by atoms with van der Waals surface area (Å²) < 4.78 is -1.19. The van der Waals surface area contributed by atoms with Crippen LogP contribution in [0.5, 0.6) is 0 Å². The van der Waals surface area contributed by atoms with Gasteiger partial charge < -0.3 is 15.3 Å². The van der Waals surface area contributed by atoms with Crippen molar-refractivity contribution in [2.24, 2.45) is 0 Å². The molecule has 6 rings (SSSR count). The van der Waals surface area contributed by atoms with E-state index in [1.54, 1.807) is 0 Å². The van der Waals surface area contributed by atoms with Crippen molar-refractivity contribution in [3.63, 3.8) is 0 Å². The molecule has 0 aliphatic rings. The SMILES string of the molecule is CC(C)(CNCCN(CCCCC(=O)O)CC(C)(C)SC(c1ccccc1)(c1ccccc1)c1ccccc1)SC(c1ccccc1)(c1ccccc1)c1ccccc1. The minimum Gasteiger partial charge on any atom is -0.481 e. The van der Waals surface area contributed by atoms with Gasteiger partial charge in [0.2, 0.25) is 0 Å². The van der Waals surface area contributed by atoms with Gasteiger partial charge in [0.15, 0.2) is 0 Å². The number of aliphatic carboxylic acids is 1. The molecular formula is C53H60N2O2S2. The Morgan fingerprint density at radius 2 is 0.814 bits per heavy atom. The maximum absolute atomic E-state index is 11.5. The number of hydrogen-bond acceptors (Lipinski definition) is 5. The first kappa shape index (κ1) is 44.0. The van der Waals surface area contributed by atoms with E-state index in [-0.39, 0.29) is 15.9 Å². The Bertz CT molecular complexity index is 1940. The van der Waals surface area contributed by atoms with Gasteiger partial charge in [0, 0.05) is 42.1 Å². The van der Waals surface area contributed by atoms with Gasteiger partial charge in [-0.25, -0.2) is 0 Å². The number of carboxylic acid groups (broad SMARTS) is 1. The van der Waals surface area contributed by atoms with Gasteiger partial charge in [-0.05, 0) is 80.5 Å². The van der Waals surface area contributed by atoms with Crippen molar-refractivity contribution in [2.75, 3.05) is 32.7 Å². The van der Waals surface area contributed by atoms with Gasteiger partial charge in [0.05, 0.1) is 9.49 Å². The van der Waals surface area contributed by atoms with E-state index in [4.69, 9.17) is 0 Å². The summed E-state index contributed by atoms with van der Waals surface area (Å²) in [5, 5.41) is 13.3. The molecule has 0 amide bonds. The number of nitrogens with one attached hydrogen (secondary N) is 1. The number of hydrogen-bond donors (Lipinski definition) is 2. The lowest BCUT2D eigenvalue weighted by molar-refractivity contribution is -0.137. The van der Waals surface area contributed by atoms with Gasteiger partial charge in [-0.15, -0.1) is 23.5 Å². The molecule has 0 atom stereocenters. The second-order valence-corrected chi connectivity index (χ2v) is 20.4. The summed E-state index contributed by atoms with van der Waals surface area (Å²) in [6.07, 6.45) is 1.70. The third-order valence-electron chi connectivity index (χ3n) is 10.8. The molecule has 6 heteroatoms. The molecule has 306 valence electrons. The number of thioether (sulfide) groups is 2. The van der Waals surface area contributed by atoms with Crippen molar-refractivity contribution >= 4 is 29.5 Å². The Labute approximate surface area is 361 Å². The van der Waals surface area contributed by atoms with Crippen LogP contribution in [0.3, 0.4) is 0 Å². The maximum Gasteiger partial charge on any atom is 0.303 e. The second-order valence-electron chi connectivity index (χ2n) is 16.6. The summed E-state index contributed by atoms with van der Waals surface area (Å²) in [6.45, 7) is 13.6. The molecule has 0 heterocycles. The molecule has 0 saturated carbocycles. The fourth-order valence-electron chi connectivity index (χ4n) is 8.33. The number of benzene rings is 6. The van der Waals surface area contributed by atoms with Crippen molar-refractivity contribution in [3.8, 4) is 0 Å². The minimum atomic E-state index is -0.732. The van der Waals surface area contributed by atoms with Crippen LogP contribution in [0.4, 0.5) is 0 Å². The zero-order valence-corrected chi connectivity index (χ0v) is 36.7. The summed E-state index contributed by atoms with van der Waals surface area (Å²) in [7, 11) is 0. The van der Waals surface area contributed by atoms with E-state index in [9.17, 15) is 9.90 Å². The van der Waals surface area contributed by atoms with Gasteiger partial charge in [-0.2, -0.15) is 0 Å². The lowest BCUT2D eigenvalue weighted by Gasteiger charge is -2.43. The molecule has 6 aromatic rings. The topological polar surface area (TPSA) is 52.6 Å². The summed E-state index contributed by atoms with van der Waals surface area (Å²) in [6, 6.07) is 65.5. The standard InChI is InChI=1S/C53H60N2O2S2/c1-50(2,58-52(43-25-11-5-12-26-43,44-27-13-6-14-28-44)45-29-15-7-16-30-45)41-54-38-40-55(39-24-23-37-49(56)57)42-51(3,4)59-53(46-31-17-8-18-32-46,47-33-19-9-20-34-47)48-35-21-10-22-36-48/h5-22,25-36,54H,23-24,37-42H2,1-4H3,(H,56,57). The highest BCUT2D eigenvalue weighted by atomic mass is 32.2. The Balaban J connectivity index is 1.23. The molecule has 4 nitrogen and oxygen atoms in total. The van der Waals surface area contributed by atoms with E-state index in [0.717, 1.165) is 39.1 Å². The van der Waals surface area contributed by atoms with E-state index < -0.39 is 15.5 Å². The lowest BCUT2D eigenvalue weighted by atomic mass is 9.84. The number of unbranched alkanes of at least 4 members (excludes halogenated alkanes) is 1.